The van der Waals surface area contributed by atoms with Crippen molar-refractivity contribution in [1.82, 2.24) is 14.3 Å². The Labute approximate surface area is 105 Å². The third-order valence-electron chi connectivity index (χ3n) is 2.33. The molecule has 2 aromatic rings. The van der Waals surface area contributed by atoms with Crippen molar-refractivity contribution in [3.05, 3.63) is 35.2 Å². The van der Waals surface area contributed by atoms with Crippen molar-refractivity contribution in [2.45, 2.75) is 6.54 Å². The number of hydrogen-bond donors (Lipinski definition) is 1. The number of aliphatic imine (C=N–C) groups is 1. The molecule has 0 aliphatic carbocycles. The fourth-order valence-corrected chi connectivity index (χ4v) is 1.56. The Morgan fingerprint density at radius 2 is 2.24 bits per heavy atom. The molecule has 90 valence electrons. The van der Waals surface area contributed by atoms with Crippen LogP contribution in [0.5, 0.6) is 0 Å². The van der Waals surface area contributed by atoms with E-state index in [0.29, 0.717) is 17.5 Å². The zero-order chi connectivity index (χ0) is 12.4. The molecule has 6 heteroatoms. The van der Waals surface area contributed by atoms with Crippen LogP contribution in [0.4, 0.5) is 0 Å². The van der Waals surface area contributed by atoms with Gasteiger partial charge in [-0.25, -0.2) is 9.98 Å². The van der Waals surface area contributed by atoms with Gasteiger partial charge in [-0.2, -0.15) is 0 Å². The summed E-state index contributed by atoms with van der Waals surface area (Å²) >= 11 is 5.89. The number of pyridine rings is 1. The lowest BCUT2D eigenvalue weighted by Crippen LogP contribution is -2.30. The maximum atomic E-state index is 5.89. The highest BCUT2D eigenvalue weighted by atomic mass is 35.5. The third-order valence-corrected chi connectivity index (χ3v) is 2.55. The van der Waals surface area contributed by atoms with Gasteiger partial charge >= 0.3 is 0 Å². The molecule has 2 heterocycles. The van der Waals surface area contributed by atoms with Gasteiger partial charge in [0.2, 0.25) is 0 Å². The summed E-state index contributed by atoms with van der Waals surface area (Å²) in [5.41, 5.74) is 7.41. The second-order valence-electron chi connectivity index (χ2n) is 3.91. The molecule has 0 fully saturated rings. The van der Waals surface area contributed by atoms with Crippen molar-refractivity contribution in [1.29, 1.82) is 0 Å². The second kappa shape index (κ2) is 4.63. The van der Waals surface area contributed by atoms with Gasteiger partial charge < -0.3 is 15.0 Å². The summed E-state index contributed by atoms with van der Waals surface area (Å²) < 4.78 is 1.87. The molecule has 0 saturated carbocycles. The Morgan fingerprint density at radius 1 is 1.47 bits per heavy atom. The van der Waals surface area contributed by atoms with Gasteiger partial charge in [0.05, 0.1) is 17.3 Å². The highest BCUT2D eigenvalue weighted by Gasteiger charge is 2.02. The van der Waals surface area contributed by atoms with E-state index >= 15 is 0 Å². The van der Waals surface area contributed by atoms with Crippen LogP contribution in [0, 0.1) is 0 Å². The van der Waals surface area contributed by atoms with E-state index in [0.717, 1.165) is 11.3 Å². The number of rotatable bonds is 2. The quantitative estimate of drug-likeness (QED) is 0.648. The van der Waals surface area contributed by atoms with Crippen molar-refractivity contribution in [2.24, 2.45) is 10.7 Å². The summed E-state index contributed by atoms with van der Waals surface area (Å²) in [5, 5.41) is 0.678. The lowest BCUT2D eigenvalue weighted by molar-refractivity contribution is 0.609. The van der Waals surface area contributed by atoms with Crippen LogP contribution >= 0.6 is 11.6 Å². The van der Waals surface area contributed by atoms with Crippen LogP contribution in [0.15, 0.2) is 29.5 Å². The van der Waals surface area contributed by atoms with Crippen molar-refractivity contribution >= 4 is 23.2 Å². The van der Waals surface area contributed by atoms with Crippen LogP contribution in [0.2, 0.25) is 5.02 Å². The highest BCUT2D eigenvalue weighted by molar-refractivity contribution is 6.30. The molecule has 17 heavy (non-hydrogen) atoms. The molecule has 0 radical (unpaired) electrons. The van der Waals surface area contributed by atoms with Gasteiger partial charge in [0.1, 0.15) is 5.65 Å². The van der Waals surface area contributed by atoms with Crippen LogP contribution in [-0.2, 0) is 6.54 Å². The van der Waals surface area contributed by atoms with Crippen molar-refractivity contribution in [3.63, 3.8) is 0 Å². The first-order chi connectivity index (χ1) is 8.06. The number of halogens is 1. The number of nitrogens with two attached hydrogens (primary N) is 1. The number of hydrogen-bond acceptors (Lipinski definition) is 2. The molecule has 0 aliphatic rings. The second-order valence-corrected chi connectivity index (χ2v) is 4.35. The predicted octanol–water partition coefficient (Wildman–Crippen LogP) is 1.36. The van der Waals surface area contributed by atoms with E-state index in [1.807, 2.05) is 43.0 Å². The van der Waals surface area contributed by atoms with E-state index in [-0.39, 0.29) is 0 Å². The molecule has 0 bridgehead atoms. The van der Waals surface area contributed by atoms with Gasteiger partial charge in [-0.3, -0.25) is 0 Å². The maximum absolute atomic E-state index is 5.89. The minimum absolute atomic E-state index is 0.462. The molecule has 0 aromatic carbocycles. The molecule has 0 atom stereocenters. The fraction of sp³-hybridized carbons (Fsp3) is 0.273. The Hall–Kier alpha value is -1.75. The molecule has 0 aliphatic heterocycles. The van der Waals surface area contributed by atoms with Gasteiger partial charge in [-0.15, -0.1) is 0 Å². The van der Waals surface area contributed by atoms with E-state index in [1.165, 1.54) is 0 Å². The van der Waals surface area contributed by atoms with E-state index < -0.39 is 0 Å². The molecule has 2 aromatic heterocycles. The van der Waals surface area contributed by atoms with Gasteiger partial charge in [-0.05, 0) is 12.1 Å². The van der Waals surface area contributed by atoms with Crippen LogP contribution in [0.3, 0.4) is 0 Å². The lowest BCUT2D eigenvalue weighted by Gasteiger charge is -2.09. The van der Waals surface area contributed by atoms with Gasteiger partial charge in [0, 0.05) is 26.5 Å². The summed E-state index contributed by atoms with van der Waals surface area (Å²) in [4.78, 5) is 10.4. The monoisotopic (exact) mass is 251 g/mol. The number of aromatic nitrogens is 2. The van der Waals surface area contributed by atoms with E-state index in [1.54, 1.807) is 4.90 Å². The normalized spacial score (nSPS) is 12.1. The zero-order valence-corrected chi connectivity index (χ0v) is 10.5. The van der Waals surface area contributed by atoms with Crippen LogP contribution in [0.25, 0.3) is 5.65 Å². The van der Waals surface area contributed by atoms with E-state index in [4.69, 9.17) is 17.3 Å². The number of guanidine groups is 1. The van der Waals surface area contributed by atoms with Gasteiger partial charge in [0.25, 0.3) is 0 Å². The molecule has 2 rings (SSSR count). The molecule has 0 saturated heterocycles. The van der Waals surface area contributed by atoms with Crippen molar-refractivity contribution in [3.8, 4) is 0 Å². The number of nitrogens with zero attached hydrogens (tertiary/aromatic N) is 4. The number of imidazole rings is 1. The number of fused-ring (bicyclic) bond motifs is 1. The first-order valence-corrected chi connectivity index (χ1v) is 5.54. The van der Waals surface area contributed by atoms with Crippen LogP contribution in [-0.4, -0.2) is 34.3 Å². The fourth-order valence-electron chi connectivity index (χ4n) is 1.40. The first kappa shape index (κ1) is 11.7. The average molecular weight is 252 g/mol. The Morgan fingerprint density at radius 3 is 2.94 bits per heavy atom. The topological polar surface area (TPSA) is 58.9 Å². The predicted molar refractivity (Wildman–Crippen MR) is 69.2 cm³/mol. The summed E-state index contributed by atoms with van der Waals surface area (Å²) in [5.74, 6) is 0.486. The molecule has 0 unspecified atom stereocenters. The van der Waals surface area contributed by atoms with Crippen LogP contribution in [0.1, 0.15) is 5.69 Å². The molecule has 0 spiro atoms. The summed E-state index contributed by atoms with van der Waals surface area (Å²) in [6.07, 6.45) is 3.71. The van der Waals surface area contributed by atoms with E-state index in [2.05, 4.69) is 9.98 Å². The smallest absolute Gasteiger partial charge is 0.191 e. The first-order valence-electron chi connectivity index (χ1n) is 5.16. The molecule has 2 N–H and O–H groups in total. The largest absolute Gasteiger partial charge is 0.370 e. The molecular weight excluding hydrogens is 238 g/mol. The maximum Gasteiger partial charge on any atom is 0.191 e. The SMILES string of the molecule is CN(C)C(N)=NCc1cn2cc(Cl)ccc2n1. The molecular formula is C11H14ClN5. The van der Waals surface area contributed by atoms with E-state index in [9.17, 15) is 0 Å². The zero-order valence-electron chi connectivity index (χ0n) is 9.76. The van der Waals surface area contributed by atoms with Gasteiger partial charge in [0.15, 0.2) is 5.96 Å². The van der Waals surface area contributed by atoms with Gasteiger partial charge in [-0.1, -0.05) is 11.6 Å². The minimum atomic E-state index is 0.462. The van der Waals surface area contributed by atoms with Crippen LogP contribution < -0.4 is 5.73 Å². The average Bonchev–Trinajstić information content (AvgIpc) is 2.67. The third kappa shape index (κ3) is 2.68. The Balaban J connectivity index is 2.23. The summed E-state index contributed by atoms with van der Waals surface area (Å²) in [7, 11) is 3.70. The lowest BCUT2D eigenvalue weighted by atomic mass is 10.5. The molecule has 0 amide bonds. The Kier molecular flexibility index (Phi) is 3.19. The summed E-state index contributed by atoms with van der Waals surface area (Å²) in [6.45, 7) is 0.462. The minimum Gasteiger partial charge on any atom is -0.370 e. The molecule has 5 nitrogen and oxygen atoms in total. The standard InChI is InChI=1S/C11H14ClN5/c1-16(2)11(13)14-5-9-7-17-6-8(12)3-4-10(17)15-9/h3-4,6-7H,5H2,1-2H3,(H2,13,14). The summed E-state index contributed by atoms with van der Waals surface area (Å²) in [6, 6.07) is 3.68. The van der Waals surface area contributed by atoms with Crippen molar-refractivity contribution in [2.75, 3.05) is 14.1 Å². The highest BCUT2D eigenvalue weighted by Crippen LogP contribution is 2.12. The van der Waals surface area contributed by atoms with Crippen molar-refractivity contribution < 1.29 is 0 Å². The Bertz CT molecular complexity index is 558.